The normalized spacial score (nSPS) is 11.8. The summed E-state index contributed by atoms with van der Waals surface area (Å²) in [6, 6.07) is 49.9. The molecule has 9 rings (SSSR count). The number of aromatic nitrogens is 5. The van der Waals surface area contributed by atoms with Crippen molar-refractivity contribution in [1.82, 2.24) is 19.1 Å². The van der Waals surface area contributed by atoms with Gasteiger partial charge < -0.3 is 4.74 Å². The largest absolute Gasteiger partial charge is 0.458 e. The van der Waals surface area contributed by atoms with Crippen molar-refractivity contribution in [3.8, 4) is 39.9 Å². The SMILES string of the molecule is CC(C)(C)c1ccnc(-n2c3ccccc3c3ccc(Oc4cccc(-n5[c-][n+](-c6cccnc6-c6ccccc6)c6ccccc65)c4)cc32)c1. The number of ether oxygens (including phenoxy) is 1. The number of imidazole rings is 1. The highest BCUT2D eigenvalue weighted by Gasteiger charge is 2.19. The number of para-hydroxylation sites is 3. The van der Waals surface area contributed by atoms with Crippen molar-refractivity contribution < 1.29 is 9.30 Å². The smallest absolute Gasteiger partial charge is 0.269 e. The Morgan fingerprint density at radius 2 is 1.37 bits per heavy atom. The zero-order valence-corrected chi connectivity index (χ0v) is 28.7. The summed E-state index contributed by atoms with van der Waals surface area (Å²) >= 11 is 0. The molecule has 0 aliphatic rings. The van der Waals surface area contributed by atoms with Crippen LogP contribution >= 0.6 is 0 Å². The van der Waals surface area contributed by atoms with E-state index >= 15 is 0 Å². The van der Waals surface area contributed by atoms with Gasteiger partial charge in [-0.05, 0) is 77.2 Å². The molecule has 6 heteroatoms. The van der Waals surface area contributed by atoms with E-state index in [1.807, 2.05) is 54.9 Å². The Morgan fingerprint density at radius 1 is 0.608 bits per heavy atom. The maximum atomic E-state index is 6.62. The second-order valence-electron chi connectivity index (χ2n) is 13.8. The quantitative estimate of drug-likeness (QED) is 0.132. The molecule has 0 radical (unpaired) electrons. The molecule has 0 spiro atoms. The van der Waals surface area contributed by atoms with E-state index in [0.717, 1.165) is 67.4 Å². The zero-order chi connectivity index (χ0) is 34.5. The molecule has 0 N–H and O–H groups in total. The van der Waals surface area contributed by atoms with Crippen molar-refractivity contribution in [2.24, 2.45) is 0 Å². The monoisotopic (exact) mass is 661 g/mol. The van der Waals surface area contributed by atoms with Crippen LogP contribution in [-0.4, -0.2) is 19.1 Å². The lowest BCUT2D eigenvalue weighted by Crippen LogP contribution is -2.30. The van der Waals surface area contributed by atoms with Gasteiger partial charge in [0.25, 0.3) is 6.33 Å². The molecule has 0 fully saturated rings. The van der Waals surface area contributed by atoms with E-state index in [2.05, 4.69) is 144 Å². The first-order chi connectivity index (χ1) is 24.9. The van der Waals surface area contributed by atoms with Crippen LogP contribution in [0.1, 0.15) is 26.3 Å². The van der Waals surface area contributed by atoms with Gasteiger partial charge in [0, 0.05) is 29.2 Å². The highest BCUT2D eigenvalue weighted by atomic mass is 16.5. The number of fused-ring (bicyclic) bond motifs is 4. The van der Waals surface area contributed by atoms with Crippen molar-refractivity contribution in [2.45, 2.75) is 26.2 Å². The maximum Gasteiger partial charge on any atom is 0.269 e. The minimum Gasteiger partial charge on any atom is -0.458 e. The number of hydrogen-bond acceptors (Lipinski definition) is 3. The lowest BCUT2D eigenvalue weighted by atomic mass is 9.88. The molecule has 6 nitrogen and oxygen atoms in total. The lowest BCUT2D eigenvalue weighted by Gasteiger charge is -2.20. The highest BCUT2D eigenvalue weighted by Crippen LogP contribution is 2.36. The van der Waals surface area contributed by atoms with Crippen molar-refractivity contribution in [2.75, 3.05) is 0 Å². The number of pyridine rings is 2. The average molecular weight is 662 g/mol. The highest BCUT2D eigenvalue weighted by molar-refractivity contribution is 6.09. The van der Waals surface area contributed by atoms with Crippen molar-refractivity contribution in [1.29, 1.82) is 0 Å². The van der Waals surface area contributed by atoms with E-state index in [9.17, 15) is 0 Å². The molecule has 9 aromatic rings. The van der Waals surface area contributed by atoms with Gasteiger partial charge in [0.05, 0.1) is 39.1 Å². The predicted molar refractivity (Wildman–Crippen MR) is 204 cm³/mol. The van der Waals surface area contributed by atoms with Crippen molar-refractivity contribution >= 4 is 32.8 Å². The molecule has 0 unspecified atom stereocenters. The van der Waals surface area contributed by atoms with E-state index in [1.165, 1.54) is 10.9 Å². The summed E-state index contributed by atoms with van der Waals surface area (Å²) < 4.78 is 13.0. The van der Waals surface area contributed by atoms with Crippen LogP contribution in [0.5, 0.6) is 11.5 Å². The van der Waals surface area contributed by atoms with Crippen LogP contribution in [0.15, 0.2) is 158 Å². The number of rotatable bonds is 6. The molecule has 0 amide bonds. The molecular weight excluding hydrogens is 627 g/mol. The average Bonchev–Trinajstić information content (AvgIpc) is 3.71. The fourth-order valence-corrected chi connectivity index (χ4v) is 6.92. The van der Waals surface area contributed by atoms with Crippen LogP contribution in [-0.2, 0) is 5.41 Å². The van der Waals surface area contributed by atoms with Crippen LogP contribution in [0.3, 0.4) is 0 Å². The lowest BCUT2D eigenvalue weighted by molar-refractivity contribution is -0.572. The van der Waals surface area contributed by atoms with Gasteiger partial charge in [0.2, 0.25) is 0 Å². The first-order valence-electron chi connectivity index (χ1n) is 17.2. The molecule has 0 bridgehead atoms. The van der Waals surface area contributed by atoms with Gasteiger partial charge in [-0.25, -0.2) is 4.98 Å². The Bertz CT molecular complexity index is 2720. The third kappa shape index (κ3) is 5.42. The third-order valence-electron chi connectivity index (χ3n) is 9.44. The zero-order valence-electron chi connectivity index (χ0n) is 28.7. The van der Waals surface area contributed by atoms with Gasteiger partial charge in [0.15, 0.2) is 0 Å². The summed E-state index contributed by atoms with van der Waals surface area (Å²) in [5, 5.41) is 2.33. The molecule has 0 saturated heterocycles. The van der Waals surface area contributed by atoms with Crippen LogP contribution < -0.4 is 9.30 Å². The Labute approximate surface area is 296 Å². The van der Waals surface area contributed by atoms with Crippen LogP contribution in [0.4, 0.5) is 0 Å². The Morgan fingerprint density at radius 3 is 2.24 bits per heavy atom. The third-order valence-corrected chi connectivity index (χ3v) is 9.44. The molecule has 0 aliphatic carbocycles. The minimum atomic E-state index is -0.000347. The number of hydrogen-bond donors (Lipinski definition) is 0. The molecule has 4 heterocycles. The van der Waals surface area contributed by atoms with Gasteiger partial charge in [-0.3, -0.25) is 18.7 Å². The van der Waals surface area contributed by atoms with Crippen molar-refractivity contribution in [3.63, 3.8) is 0 Å². The maximum absolute atomic E-state index is 6.62. The standard InChI is InChI=1S/C45H35N5O/c1-45(2,3)32-24-26-46-43(27-32)50-38-18-8-7-17-36(38)37-23-22-35(29-42(37)50)51-34-16-11-15-33(28-34)48-30-49(40-20-10-9-19-39(40)48)41-21-12-25-47-44(41)31-13-5-4-6-14-31/h4-29H,1-3H3. The van der Waals surface area contributed by atoms with Crippen LogP contribution in [0.25, 0.3) is 61.3 Å². The Balaban J connectivity index is 1.12. The summed E-state index contributed by atoms with van der Waals surface area (Å²) in [6.07, 6.45) is 7.37. The summed E-state index contributed by atoms with van der Waals surface area (Å²) in [6.45, 7) is 6.69. The van der Waals surface area contributed by atoms with Gasteiger partial charge in [-0.2, -0.15) is 0 Å². The van der Waals surface area contributed by atoms with E-state index in [0.29, 0.717) is 0 Å². The number of nitrogens with zero attached hydrogens (tertiary/aromatic N) is 5. The van der Waals surface area contributed by atoms with E-state index in [4.69, 9.17) is 14.7 Å². The Hall–Kier alpha value is -6.53. The molecule has 4 aromatic heterocycles. The topological polar surface area (TPSA) is 48.8 Å². The van der Waals surface area contributed by atoms with Gasteiger partial charge in [0.1, 0.15) is 17.3 Å². The minimum absolute atomic E-state index is 0.000347. The second-order valence-corrected chi connectivity index (χ2v) is 13.8. The molecule has 0 aliphatic heterocycles. The summed E-state index contributed by atoms with van der Waals surface area (Å²) in [5.74, 6) is 2.36. The van der Waals surface area contributed by atoms with Crippen LogP contribution in [0, 0.1) is 6.33 Å². The van der Waals surface area contributed by atoms with Crippen LogP contribution in [0.2, 0.25) is 0 Å². The van der Waals surface area contributed by atoms with Gasteiger partial charge in [-0.15, -0.1) is 0 Å². The second kappa shape index (κ2) is 12.1. The van der Waals surface area contributed by atoms with E-state index in [-0.39, 0.29) is 5.41 Å². The van der Waals surface area contributed by atoms with Crippen molar-refractivity contribution in [3.05, 3.63) is 170 Å². The summed E-state index contributed by atoms with van der Waals surface area (Å²) in [4.78, 5) is 9.61. The van der Waals surface area contributed by atoms with Gasteiger partial charge in [-0.1, -0.05) is 99.6 Å². The first-order valence-corrected chi connectivity index (χ1v) is 17.2. The summed E-state index contributed by atoms with van der Waals surface area (Å²) in [7, 11) is 0. The van der Waals surface area contributed by atoms with E-state index < -0.39 is 0 Å². The van der Waals surface area contributed by atoms with Gasteiger partial charge >= 0.3 is 0 Å². The summed E-state index contributed by atoms with van der Waals surface area (Å²) in [5.41, 5.74) is 9.27. The van der Waals surface area contributed by atoms with E-state index in [1.54, 1.807) is 0 Å². The first kappa shape index (κ1) is 30.5. The number of benzene rings is 5. The molecule has 0 saturated carbocycles. The predicted octanol–water partition coefficient (Wildman–Crippen LogP) is 10.4. The molecule has 0 atom stereocenters. The molecule has 5 aromatic carbocycles. The molecule has 246 valence electrons. The fourth-order valence-electron chi connectivity index (χ4n) is 6.92. The fraction of sp³-hybridized carbons (Fsp3) is 0.0889. The molecule has 51 heavy (non-hydrogen) atoms. The molecular formula is C45H35N5O. The Kier molecular flexibility index (Phi) is 7.25.